The predicted molar refractivity (Wildman–Crippen MR) is 129 cm³/mol. The summed E-state index contributed by atoms with van der Waals surface area (Å²) in [5.41, 5.74) is 4.19. The third kappa shape index (κ3) is 5.42. The second-order valence-electron chi connectivity index (χ2n) is 7.52. The first-order valence-corrected chi connectivity index (χ1v) is 13.7. The minimum atomic E-state index is -3.27. The third-order valence-corrected chi connectivity index (χ3v) is 8.27. The number of hydrogen-bond donors (Lipinski definition) is 0. The summed E-state index contributed by atoms with van der Waals surface area (Å²) >= 11 is 0. The predicted octanol–water partition coefficient (Wildman–Crippen LogP) is 7.00. The Bertz CT molecular complexity index is 1150. The summed E-state index contributed by atoms with van der Waals surface area (Å²) in [6.07, 6.45) is 1.27. The number of hydrogen-bond acceptors (Lipinski definition) is 5. The molecule has 158 valence electrons. The molecule has 3 nitrogen and oxygen atoms in total. The Kier molecular flexibility index (Phi) is 7.22. The average molecular weight is 459 g/mol. The zero-order chi connectivity index (χ0) is 21.9. The number of methoxy groups -OCH3 is 1. The minimum Gasteiger partial charge on any atom is -0.496 e. The Hall–Kier alpha value is -1.89. The van der Waals surface area contributed by atoms with Crippen LogP contribution in [0.3, 0.4) is 0 Å². The highest BCUT2D eigenvalue weighted by molar-refractivity contribution is 8.76. The van der Waals surface area contributed by atoms with E-state index < -0.39 is 9.84 Å². The number of aryl methyl sites for hydroxylation is 1. The molecule has 0 N–H and O–H groups in total. The lowest BCUT2D eigenvalue weighted by molar-refractivity contribution is 0.416. The maximum absolute atomic E-state index is 12.2. The first-order valence-electron chi connectivity index (χ1n) is 9.62. The Labute approximate surface area is 187 Å². The van der Waals surface area contributed by atoms with Crippen molar-refractivity contribution in [3.05, 3.63) is 71.8 Å². The molecule has 0 bridgehead atoms. The Morgan fingerprint density at radius 1 is 0.900 bits per heavy atom. The molecule has 0 aliphatic carbocycles. The van der Waals surface area contributed by atoms with Crippen molar-refractivity contribution in [2.75, 3.05) is 13.4 Å². The van der Waals surface area contributed by atoms with Crippen LogP contribution in [-0.2, 0) is 9.84 Å². The van der Waals surface area contributed by atoms with Crippen LogP contribution in [0.25, 0.3) is 11.1 Å². The van der Waals surface area contributed by atoms with Crippen LogP contribution in [-0.4, -0.2) is 21.8 Å². The molecule has 0 aromatic heterocycles. The van der Waals surface area contributed by atoms with Gasteiger partial charge in [0.05, 0.1) is 12.0 Å². The molecule has 3 aromatic carbocycles. The first-order chi connectivity index (χ1) is 14.2. The molecule has 0 aliphatic heterocycles. The molecule has 3 aromatic rings. The van der Waals surface area contributed by atoms with Gasteiger partial charge in [0.1, 0.15) is 5.75 Å². The number of rotatable bonds is 7. The molecule has 0 heterocycles. The van der Waals surface area contributed by atoms with Crippen LogP contribution in [0.5, 0.6) is 5.75 Å². The molecule has 0 radical (unpaired) electrons. The lowest BCUT2D eigenvalue weighted by Gasteiger charge is -2.13. The van der Waals surface area contributed by atoms with Crippen molar-refractivity contribution < 1.29 is 13.2 Å². The molecular formula is C24H26O3S3. The van der Waals surface area contributed by atoms with Crippen LogP contribution in [0.1, 0.15) is 30.9 Å². The van der Waals surface area contributed by atoms with Crippen LogP contribution in [0.2, 0.25) is 0 Å². The van der Waals surface area contributed by atoms with Crippen LogP contribution >= 0.6 is 21.6 Å². The topological polar surface area (TPSA) is 43.4 Å². The van der Waals surface area contributed by atoms with Crippen molar-refractivity contribution in [2.24, 2.45) is 0 Å². The maximum Gasteiger partial charge on any atom is 0.175 e. The monoisotopic (exact) mass is 458 g/mol. The van der Waals surface area contributed by atoms with E-state index in [1.165, 1.54) is 11.8 Å². The molecule has 0 fully saturated rings. The van der Waals surface area contributed by atoms with Crippen LogP contribution in [0.4, 0.5) is 0 Å². The van der Waals surface area contributed by atoms with Crippen molar-refractivity contribution in [3.8, 4) is 16.9 Å². The highest BCUT2D eigenvalue weighted by Crippen LogP contribution is 2.41. The fourth-order valence-electron chi connectivity index (χ4n) is 3.22. The highest BCUT2D eigenvalue weighted by atomic mass is 33.1. The molecule has 0 saturated heterocycles. The molecule has 3 rings (SSSR count). The Morgan fingerprint density at radius 2 is 1.60 bits per heavy atom. The summed E-state index contributed by atoms with van der Waals surface area (Å²) in [5, 5.41) is 0. The molecule has 0 unspecified atom stereocenters. The van der Waals surface area contributed by atoms with Gasteiger partial charge in [-0.25, -0.2) is 8.42 Å². The summed E-state index contributed by atoms with van der Waals surface area (Å²) in [4.78, 5) is 2.43. The maximum atomic E-state index is 12.2. The van der Waals surface area contributed by atoms with Crippen molar-refractivity contribution in [1.82, 2.24) is 0 Å². The Morgan fingerprint density at radius 3 is 2.23 bits per heavy atom. The summed E-state index contributed by atoms with van der Waals surface area (Å²) in [6, 6.07) is 20.2. The van der Waals surface area contributed by atoms with Gasteiger partial charge in [0, 0.05) is 21.6 Å². The SMILES string of the molecule is COc1ccc(C)cc1-c1cccc(SSc2ccc(C(C)C)c(S(C)(=O)=O)c2)c1. The molecule has 0 spiro atoms. The first kappa shape index (κ1) is 22.8. The van der Waals surface area contributed by atoms with E-state index in [4.69, 9.17) is 4.74 Å². The second kappa shape index (κ2) is 9.50. The van der Waals surface area contributed by atoms with E-state index in [2.05, 4.69) is 31.2 Å². The van der Waals surface area contributed by atoms with Gasteiger partial charge in [0.15, 0.2) is 9.84 Å². The van der Waals surface area contributed by atoms with E-state index >= 15 is 0 Å². The van der Waals surface area contributed by atoms with Crippen molar-refractivity contribution >= 4 is 31.4 Å². The van der Waals surface area contributed by atoms with Crippen LogP contribution in [0, 0.1) is 6.92 Å². The molecular weight excluding hydrogens is 432 g/mol. The van der Waals surface area contributed by atoms with Gasteiger partial charge < -0.3 is 4.74 Å². The molecule has 0 aliphatic rings. The lowest BCUT2D eigenvalue weighted by Crippen LogP contribution is -2.03. The fraction of sp³-hybridized carbons (Fsp3) is 0.250. The van der Waals surface area contributed by atoms with Gasteiger partial charge >= 0.3 is 0 Å². The van der Waals surface area contributed by atoms with E-state index in [9.17, 15) is 8.42 Å². The average Bonchev–Trinajstić information content (AvgIpc) is 2.71. The number of benzene rings is 3. The zero-order valence-electron chi connectivity index (χ0n) is 17.8. The van der Waals surface area contributed by atoms with E-state index in [1.807, 2.05) is 44.2 Å². The van der Waals surface area contributed by atoms with Crippen molar-refractivity contribution in [2.45, 2.75) is 41.4 Å². The van der Waals surface area contributed by atoms with Gasteiger partial charge in [0.25, 0.3) is 0 Å². The minimum absolute atomic E-state index is 0.155. The van der Waals surface area contributed by atoms with E-state index in [-0.39, 0.29) is 5.92 Å². The fourth-order valence-corrected chi connectivity index (χ4v) is 6.36. The number of sulfone groups is 1. The second-order valence-corrected chi connectivity index (χ2v) is 11.8. The van der Waals surface area contributed by atoms with Crippen LogP contribution < -0.4 is 4.74 Å². The summed E-state index contributed by atoms with van der Waals surface area (Å²) in [5.74, 6) is 1.000. The molecule has 6 heteroatoms. The molecule has 0 atom stereocenters. The van der Waals surface area contributed by atoms with Gasteiger partial charge in [-0.15, -0.1) is 0 Å². The van der Waals surface area contributed by atoms with Crippen molar-refractivity contribution in [3.63, 3.8) is 0 Å². The summed E-state index contributed by atoms with van der Waals surface area (Å²) in [7, 11) is 1.59. The largest absolute Gasteiger partial charge is 0.496 e. The Balaban J connectivity index is 1.86. The molecule has 30 heavy (non-hydrogen) atoms. The van der Waals surface area contributed by atoms with Gasteiger partial charge in [-0.1, -0.05) is 65.3 Å². The van der Waals surface area contributed by atoms with E-state index in [0.29, 0.717) is 4.90 Å². The highest BCUT2D eigenvalue weighted by Gasteiger charge is 2.17. The number of ether oxygens (including phenoxy) is 1. The normalized spacial score (nSPS) is 11.7. The van der Waals surface area contributed by atoms with Gasteiger partial charge in [-0.2, -0.15) is 0 Å². The van der Waals surface area contributed by atoms with E-state index in [0.717, 1.165) is 32.2 Å². The van der Waals surface area contributed by atoms with E-state index in [1.54, 1.807) is 34.8 Å². The lowest BCUT2D eigenvalue weighted by atomic mass is 10.0. The molecule has 0 amide bonds. The summed E-state index contributed by atoms with van der Waals surface area (Å²) in [6.45, 7) is 6.09. The molecule has 0 saturated carbocycles. The van der Waals surface area contributed by atoms with Gasteiger partial charge in [-0.3, -0.25) is 0 Å². The smallest absolute Gasteiger partial charge is 0.175 e. The van der Waals surface area contributed by atoms with Gasteiger partial charge in [-0.05, 0) is 60.4 Å². The third-order valence-electron chi connectivity index (χ3n) is 4.74. The zero-order valence-corrected chi connectivity index (χ0v) is 20.2. The summed E-state index contributed by atoms with van der Waals surface area (Å²) < 4.78 is 30.0. The standard InChI is InChI=1S/C24H26O3S3/c1-16(2)21-11-10-20(15-24(21)30(5,25)26)29-28-19-8-6-7-18(14-19)22-13-17(3)9-12-23(22)27-4/h6-16H,1-5H3. The quantitative estimate of drug-likeness (QED) is 0.357. The van der Waals surface area contributed by atoms with Crippen molar-refractivity contribution in [1.29, 1.82) is 0 Å². The van der Waals surface area contributed by atoms with Crippen LogP contribution in [0.15, 0.2) is 75.4 Å². The van der Waals surface area contributed by atoms with Gasteiger partial charge in [0.2, 0.25) is 0 Å².